The smallest absolute Gasteiger partial charge is 0.0696 e. The van der Waals surface area contributed by atoms with Crippen LogP contribution in [0.15, 0.2) is 0 Å². The van der Waals surface area contributed by atoms with Crippen LogP contribution in [0.4, 0.5) is 0 Å². The molecule has 1 saturated carbocycles. The first kappa shape index (κ1) is 7.53. The number of nitrogens with zero attached hydrogens (tertiary/aromatic N) is 1. The fraction of sp³-hybridized carbons (Fsp3) is 1.00. The lowest BCUT2D eigenvalue weighted by Gasteiger charge is -2.46. The van der Waals surface area contributed by atoms with Crippen LogP contribution < -0.4 is 5.32 Å². The summed E-state index contributed by atoms with van der Waals surface area (Å²) >= 11 is 0. The van der Waals surface area contributed by atoms with Crippen LogP contribution in [0.1, 0.15) is 12.8 Å². The summed E-state index contributed by atoms with van der Waals surface area (Å²) in [5.41, 5.74) is 0. The molecule has 2 rings (SSSR count). The molecule has 0 aromatic carbocycles. The molecule has 2 atom stereocenters. The van der Waals surface area contributed by atoms with E-state index in [1.54, 1.807) is 0 Å². The van der Waals surface area contributed by atoms with E-state index in [4.69, 9.17) is 0 Å². The molecule has 11 heavy (non-hydrogen) atoms. The molecule has 1 heterocycles. The molecule has 3 heteroatoms. The van der Waals surface area contributed by atoms with Gasteiger partial charge >= 0.3 is 0 Å². The molecular formula is C8H16N2O. The maximum Gasteiger partial charge on any atom is 0.0696 e. The predicted octanol–water partition coefficient (Wildman–Crippen LogP) is -0.587. The summed E-state index contributed by atoms with van der Waals surface area (Å²) in [6.07, 6.45) is 2.11. The van der Waals surface area contributed by atoms with Crippen molar-refractivity contribution in [1.29, 1.82) is 0 Å². The molecule has 1 aliphatic carbocycles. The summed E-state index contributed by atoms with van der Waals surface area (Å²) in [5, 5.41) is 12.6. The van der Waals surface area contributed by atoms with Crippen molar-refractivity contribution in [3.05, 3.63) is 0 Å². The summed E-state index contributed by atoms with van der Waals surface area (Å²) in [6, 6.07) is 1.12. The van der Waals surface area contributed by atoms with Gasteiger partial charge in [0.25, 0.3) is 0 Å². The van der Waals surface area contributed by atoms with E-state index in [1.807, 2.05) is 0 Å². The predicted molar refractivity (Wildman–Crippen MR) is 43.4 cm³/mol. The monoisotopic (exact) mass is 156 g/mol. The quantitative estimate of drug-likeness (QED) is 0.561. The summed E-state index contributed by atoms with van der Waals surface area (Å²) in [5.74, 6) is 0. The molecule has 3 nitrogen and oxygen atoms in total. The SMILES string of the molecule is CN(C1CNC1)C1CCC1O. The normalized spacial score (nSPS) is 38.5. The van der Waals surface area contributed by atoms with Crippen molar-refractivity contribution in [3.63, 3.8) is 0 Å². The summed E-state index contributed by atoms with van der Waals surface area (Å²) in [6.45, 7) is 2.19. The van der Waals surface area contributed by atoms with Crippen LogP contribution >= 0.6 is 0 Å². The third kappa shape index (κ3) is 1.17. The van der Waals surface area contributed by atoms with Gasteiger partial charge in [-0.1, -0.05) is 0 Å². The van der Waals surface area contributed by atoms with Crippen molar-refractivity contribution in [2.75, 3.05) is 20.1 Å². The van der Waals surface area contributed by atoms with Crippen LogP contribution in [0.5, 0.6) is 0 Å². The zero-order valence-corrected chi connectivity index (χ0v) is 6.95. The van der Waals surface area contributed by atoms with Gasteiger partial charge in [-0.05, 0) is 19.9 Å². The highest BCUT2D eigenvalue weighted by atomic mass is 16.3. The Kier molecular flexibility index (Phi) is 1.87. The van der Waals surface area contributed by atoms with Gasteiger partial charge in [0, 0.05) is 25.2 Å². The second-order valence-electron chi connectivity index (χ2n) is 3.69. The molecule has 0 bridgehead atoms. The Morgan fingerprint density at radius 1 is 1.36 bits per heavy atom. The second-order valence-corrected chi connectivity index (χ2v) is 3.69. The molecule has 64 valence electrons. The summed E-state index contributed by atoms with van der Waals surface area (Å²) in [7, 11) is 2.12. The minimum absolute atomic E-state index is 0.0550. The van der Waals surface area contributed by atoms with Crippen molar-refractivity contribution < 1.29 is 5.11 Å². The van der Waals surface area contributed by atoms with E-state index in [1.165, 1.54) is 6.42 Å². The number of rotatable bonds is 2. The average molecular weight is 156 g/mol. The summed E-state index contributed by atoms with van der Waals surface area (Å²) < 4.78 is 0. The molecule has 0 aromatic rings. The molecular weight excluding hydrogens is 140 g/mol. The highest BCUT2D eigenvalue weighted by Crippen LogP contribution is 2.26. The number of aliphatic hydroxyl groups excluding tert-OH is 1. The van der Waals surface area contributed by atoms with Gasteiger partial charge < -0.3 is 10.4 Å². The zero-order chi connectivity index (χ0) is 7.84. The first-order valence-electron chi connectivity index (χ1n) is 4.40. The number of hydrogen-bond acceptors (Lipinski definition) is 3. The van der Waals surface area contributed by atoms with Crippen LogP contribution in [0.25, 0.3) is 0 Å². The molecule has 2 unspecified atom stereocenters. The van der Waals surface area contributed by atoms with E-state index >= 15 is 0 Å². The molecule has 2 N–H and O–H groups in total. The maximum atomic E-state index is 9.38. The van der Waals surface area contributed by atoms with Crippen molar-refractivity contribution in [2.45, 2.75) is 31.0 Å². The van der Waals surface area contributed by atoms with Crippen LogP contribution in [-0.4, -0.2) is 48.3 Å². The Bertz CT molecular complexity index is 147. The van der Waals surface area contributed by atoms with E-state index < -0.39 is 0 Å². The van der Waals surface area contributed by atoms with Crippen LogP contribution in [0.2, 0.25) is 0 Å². The Morgan fingerprint density at radius 2 is 2.09 bits per heavy atom. The molecule has 1 aliphatic heterocycles. The van der Waals surface area contributed by atoms with Crippen molar-refractivity contribution >= 4 is 0 Å². The lowest BCUT2D eigenvalue weighted by molar-refractivity contribution is -0.0357. The number of aliphatic hydroxyl groups is 1. The molecule has 0 radical (unpaired) electrons. The lowest BCUT2D eigenvalue weighted by atomic mass is 9.86. The summed E-state index contributed by atoms with van der Waals surface area (Å²) in [4.78, 5) is 2.32. The highest BCUT2D eigenvalue weighted by molar-refractivity contribution is 4.94. The molecule has 0 amide bonds. The standard InChI is InChI=1S/C8H16N2O/c1-10(6-4-9-5-6)7-2-3-8(7)11/h6-9,11H,2-5H2,1H3. The highest BCUT2D eigenvalue weighted by Gasteiger charge is 2.36. The minimum Gasteiger partial charge on any atom is -0.391 e. The van der Waals surface area contributed by atoms with Crippen LogP contribution in [0.3, 0.4) is 0 Å². The molecule has 2 fully saturated rings. The number of nitrogens with one attached hydrogen (secondary N) is 1. The van der Waals surface area contributed by atoms with Gasteiger partial charge in [-0.2, -0.15) is 0 Å². The van der Waals surface area contributed by atoms with Gasteiger partial charge in [-0.3, -0.25) is 4.90 Å². The van der Waals surface area contributed by atoms with Gasteiger partial charge in [-0.25, -0.2) is 0 Å². The van der Waals surface area contributed by atoms with Gasteiger partial charge in [0.05, 0.1) is 6.10 Å². The van der Waals surface area contributed by atoms with E-state index in [-0.39, 0.29) is 6.10 Å². The van der Waals surface area contributed by atoms with Gasteiger partial charge in [0.2, 0.25) is 0 Å². The van der Waals surface area contributed by atoms with E-state index in [0.717, 1.165) is 19.5 Å². The lowest BCUT2D eigenvalue weighted by Crippen LogP contribution is -2.62. The van der Waals surface area contributed by atoms with Gasteiger partial charge in [0.1, 0.15) is 0 Å². The van der Waals surface area contributed by atoms with Crippen molar-refractivity contribution in [2.24, 2.45) is 0 Å². The van der Waals surface area contributed by atoms with E-state index in [2.05, 4.69) is 17.3 Å². The number of likely N-dealkylation sites (N-methyl/N-ethyl adjacent to an activating group) is 1. The van der Waals surface area contributed by atoms with Crippen LogP contribution in [0, 0.1) is 0 Å². The molecule has 0 aromatic heterocycles. The third-order valence-corrected chi connectivity index (χ3v) is 3.06. The van der Waals surface area contributed by atoms with E-state index in [0.29, 0.717) is 12.1 Å². The van der Waals surface area contributed by atoms with Gasteiger partial charge in [-0.15, -0.1) is 0 Å². The number of hydrogen-bond donors (Lipinski definition) is 2. The maximum absolute atomic E-state index is 9.38. The van der Waals surface area contributed by atoms with Crippen molar-refractivity contribution in [3.8, 4) is 0 Å². The molecule has 0 spiro atoms. The fourth-order valence-corrected chi connectivity index (χ4v) is 1.77. The van der Waals surface area contributed by atoms with Crippen LogP contribution in [-0.2, 0) is 0 Å². The Labute approximate surface area is 67.4 Å². The minimum atomic E-state index is -0.0550. The first-order valence-corrected chi connectivity index (χ1v) is 4.40. The van der Waals surface area contributed by atoms with Crippen molar-refractivity contribution in [1.82, 2.24) is 10.2 Å². The third-order valence-electron chi connectivity index (χ3n) is 3.06. The largest absolute Gasteiger partial charge is 0.391 e. The second kappa shape index (κ2) is 2.73. The Morgan fingerprint density at radius 3 is 2.36 bits per heavy atom. The fourth-order valence-electron chi connectivity index (χ4n) is 1.77. The van der Waals surface area contributed by atoms with Gasteiger partial charge in [0.15, 0.2) is 0 Å². The molecule has 2 aliphatic rings. The average Bonchev–Trinajstić information content (AvgIpc) is 1.80. The molecule has 1 saturated heterocycles. The Hall–Kier alpha value is -0.120. The van der Waals surface area contributed by atoms with E-state index in [9.17, 15) is 5.11 Å². The first-order chi connectivity index (χ1) is 5.29. The Balaban J connectivity index is 1.83. The topological polar surface area (TPSA) is 35.5 Å². The zero-order valence-electron chi connectivity index (χ0n) is 6.95.